The first-order chi connectivity index (χ1) is 15.6. The average Bonchev–Trinajstić information content (AvgIpc) is 3.29. The predicted octanol–water partition coefficient (Wildman–Crippen LogP) is 5.94. The third-order valence-electron chi connectivity index (χ3n) is 6.80. The van der Waals surface area contributed by atoms with Crippen LogP contribution in [0.3, 0.4) is 0 Å². The number of nitrogens with one attached hydrogen (secondary N) is 1. The molecular weight excluding hydrogens is 486 g/mol. The van der Waals surface area contributed by atoms with Gasteiger partial charge in [0.25, 0.3) is 11.8 Å². The second kappa shape index (κ2) is 9.10. The molecule has 2 heterocycles. The van der Waals surface area contributed by atoms with E-state index in [1.807, 2.05) is 25.1 Å². The van der Waals surface area contributed by atoms with Crippen molar-refractivity contribution in [2.24, 2.45) is 4.99 Å². The number of rotatable bonds is 4. The molecule has 168 valence electrons. The third kappa shape index (κ3) is 3.94. The fraction of sp³-hybridized carbons (Fsp3) is 0.480. The van der Waals surface area contributed by atoms with Gasteiger partial charge in [0.05, 0.1) is 11.3 Å². The summed E-state index contributed by atoms with van der Waals surface area (Å²) in [6.45, 7) is 2.56. The van der Waals surface area contributed by atoms with E-state index in [4.69, 9.17) is 4.99 Å². The van der Waals surface area contributed by atoms with Gasteiger partial charge in [-0.3, -0.25) is 9.59 Å². The molecule has 2 amide bonds. The van der Waals surface area contributed by atoms with Crippen LogP contribution in [0.5, 0.6) is 0 Å². The second-order valence-electron chi connectivity index (χ2n) is 8.87. The van der Waals surface area contributed by atoms with Crippen molar-refractivity contribution >= 4 is 55.5 Å². The molecule has 0 unspecified atom stereocenters. The number of amides is 2. The van der Waals surface area contributed by atoms with E-state index in [0.29, 0.717) is 22.8 Å². The van der Waals surface area contributed by atoms with Crippen LogP contribution in [0.15, 0.2) is 27.7 Å². The highest BCUT2D eigenvalue weighted by atomic mass is 79.9. The lowest BCUT2D eigenvalue weighted by atomic mass is 9.93. The van der Waals surface area contributed by atoms with E-state index >= 15 is 0 Å². The number of thiophene rings is 1. The molecule has 32 heavy (non-hydrogen) atoms. The molecule has 2 aliphatic carbocycles. The molecule has 5 rings (SSSR count). The van der Waals surface area contributed by atoms with Crippen molar-refractivity contribution in [2.45, 2.75) is 70.8 Å². The van der Waals surface area contributed by atoms with Gasteiger partial charge in [0, 0.05) is 27.5 Å². The minimum absolute atomic E-state index is 0.0112. The van der Waals surface area contributed by atoms with Crippen molar-refractivity contribution in [3.05, 3.63) is 44.2 Å². The van der Waals surface area contributed by atoms with Gasteiger partial charge in [-0.2, -0.15) is 0 Å². The largest absolute Gasteiger partial charge is 0.349 e. The number of anilines is 1. The van der Waals surface area contributed by atoms with E-state index in [-0.39, 0.29) is 17.9 Å². The van der Waals surface area contributed by atoms with Gasteiger partial charge in [0.2, 0.25) is 0 Å². The molecule has 1 aromatic heterocycles. The molecule has 0 radical (unpaired) electrons. The molecule has 1 saturated carbocycles. The fourth-order valence-corrected chi connectivity index (χ4v) is 6.80. The van der Waals surface area contributed by atoms with Gasteiger partial charge < -0.3 is 10.2 Å². The number of carbonyl (C=O) groups excluding carboxylic acids is 2. The van der Waals surface area contributed by atoms with Crippen LogP contribution in [0.1, 0.15) is 78.2 Å². The van der Waals surface area contributed by atoms with Crippen LogP contribution < -0.4 is 10.2 Å². The Balaban J connectivity index is 1.57. The van der Waals surface area contributed by atoms with Gasteiger partial charge in [-0.05, 0) is 69.2 Å². The summed E-state index contributed by atoms with van der Waals surface area (Å²) in [6.07, 6.45) is 9.86. The first-order valence-electron chi connectivity index (χ1n) is 11.7. The maximum Gasteiger partial charge on any atom is 0.277 e. The summed E-state index contributed by atoms with van der Waals surface area (Å²) in [6, 6.07) is 6.11. The number of carbonyl (C=O) groups is 2. The smallest absolute Gasteiger partial charge is 0.277 e. The number of halogens is 1. The Labute approximate surface area is 201 Å². The Morgan fingerprint density at radius 2 is 1.97 bits per heavy atom. The van der Waals surface area contributed by atoms with E-state index in [2.05, 4.69) is 21.2 Å². The minimum atomic E-state index is -0.0920. The minimum Gasteiger partial charge on any atom is -0.349 e. The molecule has 5 nitrogen and oxygen atoms in total. The number of hydrogen-bond acceptors (Lipinski definition) is 4. The highest BCUT2D eigenvalue weighted by Crippen LogP contribution is 2.42. The zero-order valence-electron chi connectivity index (χ0n) is 18.4. The van der Waals surface area contributed by atoms with Crippen molar-refractivity contribution in [3.63, 3.8) is 0 Å². The molecule has 1 N–H and O–H groups in total. The predicted molar refractivity (Wildman–Crippen MR) is 134 cm³/mol. The number of hydrogen-bond donors (Lipinski definition) is 1. The molecule has 2 aromatic rings. The van der Waals surface area contributed by atoms with Crippen molar-refractivity contribution < 1.29 is 9.59 Å². The molecule has 3 aliphatic rings. The molecule has 1 aliphatic heterocycles. The number of benzene rings is 1. The van der Waals surface area contributed by atoms with Crippen LogP contribution in [0.4, 0.5) is 10.7 Å². The first kappa shape index (κ1) is 21.8. The van der Waals surface area contributed by atoms with Crippen LogP contribution in [0.25, 0.3) is 0 Å². The standard InChI is InChI=1S/C25H28BrN3O2S/c1-2-29-19-13-12-15(26)14-18(19)22(25(29)31)28-24-21(17-10-6-7-11-20(17)32-24)23(30)27-16-8-4-3-5-9-16/h12-14,16H,2-11H2,1H3,(H,27,30). The zero-order valence-corrected chi connectivity index (χ0v) is 20.8. The van der Waals surface area contributed by atoms with Crippen LogP contribution >= 0.6 is 27.3 Å². The summed E-state index contributed by atoms with van der Waals surface area (Å²) in [5, 5.41) is 3.98. The molecule has 7 heteroatoms. The van der Waals surface area contributed by atoms with Gasteiger partial charge in [0.1, 0.15) is 10.7 Å². The lowest BCUT2D eigenvalue weighted by Gasteiger charge is -2.23. The SMILES string of the molecule is CCN1C(=O)C(=Nc2sc3c(c2C(=O)NC2CCCCC2)CCCC3)c2cc(Br)ccc21. The lowest BCUT2D eigenvalue weighted by molar-refractivity contribution is -0.112. The van der Waals surface area contributed by atoms with Gasteiger partial charge in [-0.1, -0.05) is 35.2 Å². The summed E-state index contributed by atoms with van der Waals surface area (Å²) in [5.41, 5.74) is 4.02. The topological polar surface area (TPSA) is 61.8 Å². The zero-order chi connectivity index (χ0) is 22.2. The van der Waals surface area contributed by atoms with E-state index in [1.165, 1.54) is 24.1 Å². The van der Waals surface area contributed by atoms with E-state index in [0.717, 1.165) is 59.8 Å². The first-order valence-corrected chi connectivity index (χ1v) is 13.3. The number of nitrogens with zero attached hydrogens (tertiary/aromatic N) is 2. The quantitative estimate of drug-likeness (QED) is 0.549. The van der Waals surface area contributed by atoms with E-state index in [9.17, 15) is 9.59 Å². The van der Waals surface area contributed by atoms with Crippen molar-refractivity contribution in [1.29, 1.82) is 0 Å². The molecule has 1 aromatic carbocycles. The van der Waals surface area contributed by atoms with E-state index < -0.39 is 0 Å². The monoisotopic (exact) mass is 513 g/mol. The Morgan fingerprint density at radius 3 is 2.75 bits per heavy atom. The Hall–Kier alpha value is -1.99. The third-order valence-corrected chi connectivity index (χ3v) is 8.48. The second-order valence-corrected chi connectivity index (χ2v) is 10.9. The van der Waals surface area contributed by atoms with Crippen molar-refractivity contribution in [1.82, 2.24) is 5.32 Å². The molecule has 0 saturated heterocycles. The highest BCUT2D eigenvalue weighted by molar-refractivity contribution is 9.10. The number of aryl methyl sites for hydroxylation is 1. The van der Waals surface area contributed by atoms with Gasteiger partial charge >= 0.3 is 0 Å². The summed E-state index contributed by atoms with van der Waals surface area (Å²) in [7, 11) is 0. The summed E-state index contributed by atoms with van der Waals surface area (Å²) < 4.78 is 0.912. The van der Waals surface area contributed by atoms with Gasteiger partial charge in [-0.15, -0.1) is 11.3 Å². The normalized spacial score (nSPS) is 19.9. The van der Waals surface area contributed by atoms with Crippen LogP contribution in [0, 0.1) is 0 Å². The average molecular weight is 514 g/mol. The summed E-state index contributed by atoms with van der Waals surface area (Å²) in [5.74, 6) is -0.103. The van der Waals surface area contributed by atoms with Gasteiger partial charge in [0.15, 0.2) is 0 Å². The van der Waals surface area contributed by atoms with Crippen LogP contribution in [-0.2, 0) is 17.6 Å². The van der Waals surface area contributed by atoms with Crippen molar-refractivity contribution in [2.75, 3.05) is 11.4 Å². The van der Waals surface area contributed by atoms with Gasteiger partial charge in [-0.25, -0.2) is 4.99 Å². The lowest BCUT2D eigenvalue weighted by Crippen LogP contribution is -2.36. The maximum absolute atomic E-state index is 13.5. The number of fused-ring (bicyclic) bond motifs is 2. The maximum atomic E-state index is 13.5. The highest BCUT2D eigenvalue weighted by Gasteiger charge is 2.35. The Bertz CT molecular complexity index is 1100. The van der Waals surface area contributed by atoms with Crippen LogP contribution in [0.2, 0.25) is 0 Å². The van der Waals surface area contributed by atoms with Crippen LogP contribution in [-0.4, -0.2) is 30.1 Å². The number of likely N-dealkylation sites (N-methyl/N-ethyl adjacent to an activating group) is 1. The summed E-state index contributed by atoms with van der Waals surface area (Å²) >= 11 is 5.13. The fourth-order valence-electron chi connectivity index (χ4n) is 5.18. The molecule has 0 spiro atoms. The molecule has 0 atom stereocenters. The van der Waals surface area contributed by atoms with Crippen molar-refractivity contribution in [3.8, 4) is 0 Å². The summed E-state index contributed by atoms with van der Waals surface area (Å²) in [4.78, 5) is 34.6. The molecular formula is C25H28BrN3O2S. The molecule has 0 bridgehead atoms. The Morgan fingerprint density at radius 1 is 1.19 bits per heavy atom. The van der Waals surface area contributed by atoms with E-state index in [1.54, 1.807) is 16.2 Å². The Kier molecular flexibility index (Phi) is 6.21. The molecule has 1 fully saturated rings. The number of aliphatic imine (C=N–C) groups is 1.